The normalized spacial score (nSPS) is 11.8. The lowest BCUT2D eigenvalue weighted by Gasteiger charge is -2.15. The molecule has 0 spiro atoms. The van der Waals surface area contributed by atoms with Crippen LogP contribution in [0.3, 0.4) is 0 Å². The van der Waals surface area contributed by atoms with Crippen LogP contribution in [0.4, 0.5) is 0 Å². The van der Waals surface area contributed by atoms with Gasteiger partial charge in [0.05, 0.1) is 17.1 Å². The minimum Gasteiger partial charge on any atom is -0.272 e. The third-order valence-corrected chi connectivity index (χ3v) is 8.58. The van der Waals surface area contributed by atoms with Crippen LogP contribution in [0.25, 0.3) is 82.6 Å². The van der Waals surface area contributed by atoms with Gasteiger partial charge >= 0.3 is 0 Å². The first kappa shape index (κ1) is 27.3. The number of fused-ring (bicyclic) bond motifs is 6. The van der Waals surface area contributed by atoms with Gasteiger partial charge in [-0.25, -0.2) is 9.97 Å². The van der Waals surface area contributed by atoms with E-state index in [4.69, 9.17) is 15.0 Å². The van der Waals surface area contributed by atoms with Crippen LogP contribution in [-0.2, 0) is 0 Å². The van der Waals surface area contributed by atoms with Gasteiger partial charge in [0.1, 0.15) is 0 Å². The second-order valence-electron chi connectivity index (χ2n) is 11.2. The van der Waals surface area contributed by atoms with Crippen molar-refractivity contribution < 1.29 is 0 Å². The molecule has 6 aromatic carbocycles. The number of rotatable bonds is 6. The minimum atomic E-state index is 0.604. The molecule has 0 saturated heterocycles. The third kappa shape index (κ3) is 4.64. The molecule has 0 atom stereocenters. The van der Waals surface area contributed by atoms with Crippen LogP contribution in [-0.4, -0.2) is 21.7 Å². The molecule has 0 fully saturated rings. The zero-order chi connectivity index (χ0) is 31.0. The zero-order valence-electron chi connectivity index (χ0n) is 25.1. The molecule has 2 heterocycles. The van der Waals surface area contributed by atoms with Crippen LogP contribution in [0.15, 0.2) is 157 Å². The van der Waals surface area contributed by atoms with Crippen LogP contribution in [0.5, 0.6) is 0 Å². The lowest BCUT2D eigenvalue weighted by atomic mass is 9.93. The average molecular weight is 589 g/mol. The van der Waals surface area contributed by atoms with E-state index in [1.165, 1.54) is 32.3 Å². The molecule has 4 nitrogen and oxygen atoms in total. The van der Waals surface area contributed by atoms with Crippen molar-refractivity contribution in [3.05, 3.63) is 158 Å². The first-order valence-electron chi connectivity index (χ1n) is 15.2. The minimum absolute atomic E-state index is 0.604. The molecule has 0 bridgehead atoms. The van der Waals surface area contributed by atoms with Crippen molar-refractivity contribution in [1.82, 2.24) is 15.0 Å². The van der Waals surface area contributed by atoms with E-state index in [0.29, 0.717) is 5.82 Å². The number of pyridine rings is 1. The fourth-order valence-electron chi connectivity index (χ4n) is 6.40. The van der Waals surface area contributed by atoms with Crippen molar-refractivity contribution in [1.29, 1.82) is 0 Å². The molecule has 0 unspecified atom stereocenters. The second-order valence-corrected chi connectivity index (χ2v) is 11.2. The Hall–Kier alpha value is -6.26. The second kappa shape index (κ2) is 11.3. The molecule has 0 aliphatic rings. The van der Waals surface area contributed by atoms with Gasteiger partial charge in [0, 0.05) is 34.7 Å². The quantitative estimate of drug-likeness (QED) is 0.110. The Bertz CT molecular complexity index is 2370. The van der Waals surface area contributed by atoms with E-state index in [1.807, 2.05) is 18.3 Å². The Labute approximate surface area is 266 Å². The predicted octanol–water partition coefficient (Wildman–Crippen LogP) is 10.7. The van der Waals surface area contributed by atoms with Gasteiger partial charge in [0.25, 0.3) is 0 Å². The average Bonchev–Trinajstić information content (AvgIpc) is 3.13. The molecule has 46 heavy (non-hydrogen) atoms. The number of allylic oxidation sites excluding steroid dienone is 2. The maximum absolute atomic E-state index is 5.22. The van der Waals surface area contributed by atoms with Crippen molar-refractivity contribution in [2.24, 2.45) is 4.99 Å². The number of benzene rings is 6. The van der Waals surface area contributed by atoms with Gasteiger partial charge in [-0.15, -0.1) is 0 Å². The van der Waals surface area contributed by atoms with Crippen molar-refractivity contribution in [3.8, 4) is 33.9 Å². The molecule has 0 amide bonds. The van der Waals surface area contributed by atoms with E-state index < -0.39 is 0 Å². The van der Waals surface area contributed by atoms with Gasteiger partial charge in [0.2, 0.25) is 0 Å². The summed E-state index contributed by atoms with van der Waals surface area (Å²) in [6.45, 7) is 7.47. The van der Waals surface area contributed by atoms with Gasteiger partial charge < -0.3 is 0 Å². The number of nitrogens with zero attached hydrogens (tertiary/aromatic N) is 4. The summed E-state index contributed by atoms with van der Waals surface area (Å²) in [6, 6.07) is 44.7. The fraction of sp³-hybridized carbons (Fsp3) is 0. The number of hydrogen-bond acceptors (Lipinski definition) is 4. The summed E-state index contributed by atoms with van der Waals surface area (Å²) >= 11 is 0. The molecule has 0 aliphatic heterocycles. The van der Waals surface area contributed by atoms with Gasteiger partial charge in [-0.1, -0.05) is 110 Å². The molecular weight excluding hydrogens is 560 g/mol. The SMILES string of the molecule is C=C/C(=C\N=C)c1ccc(-c2nc(-c3cc4ccccc4c4ccccc34)cc(-c3cc4ccccc4c4ccccc34)n2)cn1. The molecule has 0 N–H and O–H groups in total. The maximum Gasteiger partial charge on any atom is 0.161 e. The Balaban J connectivity index is 1.42. The highest BCUT2D eigenvalue weighted by Crippen LogP contribution is 2.39. The molecule has 0 radical (unpaired) electrons. The van der Waals surface area contributed by atoms with E-state index in [-0.39, 0.29) is 0 Å². The summed E-state index contributed by atoms with van der Waals surface area (Å²) in [7, 11) is 0. The van der Waals surface area contributed by atoms with Crippen LogP contribution >= 0.6 is 0 Å². The molecule has 8 rings (SSSR count). The van der Waals surface area contributed by atoms with Gasteiger partial charge in [-0.2, -0.15) is 0 Å². The lowest BCUT2D eigenvalue weighted by Crippen LogP contribution is -1.98. The van der Waals surface area contributed by atoms with Crippen molar-refractivity contribution in [3.63, 3.8) is 0 Å². The summed E-state index contributed by atoms with van der Waals surface area (Å²) in [5.41, 5.74) is 6.19. The first-order valence-corrected chi connectivity index (χ1v) is 15.2. The highest BCUT2D eigenvalue weighted by molar-refractivity contribution is 6.15. The summed E-state index contributed by atoms with van der Waals surface area (Å²) < 4.78 is 0. The summed E-state index contributed by atoms with van der Waals surface area (Å²) in [5.74, 6) is 0.604. The van der Waals surface area contributed by atoms with Crippen molar-refractivity contribution >= 4 is 55.4 Å². The Morgan fingerprint density at radius 3 is 1.54 bits per heavy atom. The molecule has 0 aliphatic carbocycles. The van der Waals surface area contributed by atoms with E-state index >= 15 is 0 Å². The van der Waals surface area contributed by atoms with Gasteiger partial charge in [-0.05, 0) is 80.1 Å². The summed E-state index contributed by atoms with van der Waals surface area (Å²) in [6.07, 6.45) is 5.19. The van der Waals surface area contributed by atoms with Crippen LogP contribution in [0.2, 0.25) is 0 Å². The van der Waals surface area contributed by atoms with Crippen molar-refractivity contribution in [2.45, 2.75) is 0 Å². The zero-order valence-corrected chi connectivity index (χ0v) is 25.1. The smallest absolute Gasteiger partial charge is 0.161 e. The van der Waals surface area contributed by atoms with Crippen LogP contribution < -0.4 is 0 Å². The third-order valence-electron chi connectivity index (χ3n) is 8.58. The topological polar surface area (TPSA) is 51.0 Å². The van der Waals surface area contributed by atoms with Crippen LogP contribution in [0.1, 0.15) is 5.69 Å². The monoisotopic (exact) mass is 588 g/mol. The Morgan fingerprint density at radius 1 is 0.565 bits per heavy atom. The number of aliphatic imine (C=N–C) groups is 1. The van der Waals surface area contributed by atoms with E-state index in [2.05, 4.69) is 134 Å². The van der Waals surface area contributed by atoms with Crippen molar-refractivity contribution in [2.75, 3.05) is 0 Å². The largest absolute Gasteiger partial charge is 0.272 e. The Kier molecular flexibility index (Phi) is 6.73. The van der Waals surface area contributed by atoms with E-state index in [0.717, 1.165) is 50.1 Å². The number of aromatic nitrogens is 3. The summed E-state index contributed by atoms with van der Waals surface area (Å²) in [5, 5.41) is 9.45. The highest BCUT2D eigenvalue weighted by atomic mass is 14.9. The maximum atomic E-state index is 5.22. The predicted molar refractivity (Wildman–Crippen MR) is 194 cm³/mol. The summed E-state index contributed by atoms with van der Waals surface area (Å²) in [4.78, 5) is 19.1. The van der Waals surface area contributed by atoms with Gasteiger partial charge in [0.15, 0.2) is 5.82 Å². The Morgan fingerprint density at radius 2 is 1.07 bits per heavy atom. The molecular formula is C42H28N4. The van der Waals surface area contributed by atoms with E-state index in [9.17, 15) is 0 Å². The fourth-order valence-corrected chi connectivity index (χ4v) is 6.40. The first-order chi connectivity index (χ1) is 22.7. The molecule has 8 aromatic rings. The highest BCUT2D eigenvalue weighted by Gasteiger charge is 2.17. The lowest BCUT2D eigenvalue weighted by molar-refractivity contribution is 1.17. The molecule has 4 heteroatoms. The standard InChI is InChI=1S/C42H28N4/c1-3-27(25-43-2)39-21-20-30(26-44-39)42-45-40(37-22-28-12-4-6-14-31(28)33-16-8-10-18-35(33)37)24-41(46-42)38-23-29-13-5-7-15-32(29)34-17-9-11-19-36(34)38/h3-26H,1-2H2/b27-25+. The van der Waals surface area contributed by atoms with Gasteiger partial charge in [-0.3, -0.25) is 9.98 Å². The van der Waals surface area contributed by atoms with E-state index in [1.54, 1.807) is 12.3 Å². The number of hydrogen-bond donors (Lipinski definition) is 0. The molecule has 216 valence electrons. The molecule has 0 saturated carbocycles. The molecule has 2 aromatic heterocycles. The van der Waals surface area contributed by atoms with Crippen LogP contribution in [0, 0.1) is 0 Å².